The Morgan fingerprint density at radius 2 is 1.28 bits per heavy atom. The number of rotatable bonds is 7. The van der Waals surface area contributed by atoms with Crippen molar-refractivity contribution in [3.05, 3.63) is 102 Å². The highest BCUT2D eigenvalue weighted by Gasteiger charge is 2.32. The average Bonchev–Trinajstić information content (AvgIpc) is 2.86. The fraction of sp³-hybridized carbons (Fsp3) is 0.269. The fourth-order valence-corrected chi connectivity index (χ4v) is 5.74. The monoisotopic (exact) mass is 448 g/mol. The molecule has 5 nitrogen and oxygen atoms in total. The van der Waals surface area contributed by atoms with Crippen molar-refractivity contribution in [2.24, 2.45) is 5.92 Å². The lowest BCUT2D eigenvalue weighted by atomic mass is 9.90. The summed E-state index contributed by atoms with van der Waals surface area (Å²) >= 11 is 0. The lowest BCUT2D eigenvalue weighted by molar-refractivity contribution is -0.126. The van der Waals surface area contributed by atoms with Crippen LogP contribution in [0.25, 0.3) is 0 Å². The van der Waals surface area contributed by atoms with Gasteiger partial charge in [-0.05, 0) is 36.1 Å². The molecular weight excluding hydrogens is 420 g/mol. The second-order valence-corrected chi connectivity index (χ2v) is 10.0. The van der Waals surface area contributed by atoms with E-state index in [2.05, 4.69) is 29.6 Å². The maximum Gasteiger partial charge on any atom is 0.243 e. The molecule has 0 unspecified atom stereocenters. The van der Waals surface area contributed by atoms with Gasteiger partial charge in [-0.15, -0.1) is 0 Å². The van der Waals surface area contributed by atoms with Gasteiger partial charge < -0.3 is 5.32 Å². The molecule has 4 rings (SSSR count). The van der Waals surface area contributed by atoms with Crippen LogP contribution in [0.15, 0.2) is 95.9 Å². The number of sulfonamides is 1. The zero-order valence-electron chi connectivity index (χ0n) is 17.9. The highest BCUT2D eigenvalue weighted by Crippen LogP contribution is 2.26. The summed E-state index contributed by atoms with van der Waals surface area (Å²) in [5, 5.41) is 3.13. The standard InChI is InChI=1S/C26H28N2O3S/c29-26(23-16-18-28(19-17-23)32(30,31)24-14-8-3-9-15-24)27-20-25(21-10-4-1-5-11-21)22-12-6-2-7-13-22/h1-15,23,25H,16-20H2,(H,27,29). The molecule has 1 saturated heterocycles. The largest absolute Gasteiger partial charge is 0.355 e. The number of nitrogens with zero attached hydrogens (tertiary/aromatic N) is 1. The quantitative estimate of drug-likeness (QED) is 0.593. The Labute approximate surface area is 190 Å². The third-order valence-corrected chi connectivity index (χ3v) is 8.00. The SMILES string of the molecule is O=C(NCC(c1ccccc1)c1ccccc1)C1CCN(S(=O)(=O)c2ccccc2)CC1. The van der Waals surface area contributed by atoms with Crippen molar-refractivity contribution in [3.63, 3.8) is 0 Å². The molecule has 1 amide bonds. The number of nitrogens with one attached hydrogen (secondary N) is 1. The molecule has 1 fully saturated rings. The maximum atomic E-state index is 12.9. The van der Waals surface area contributed by atoms with Crippen molar-refractivity contribution in [2.45, 2.75) is 23.7 Å². The van der Waals surface area contributed by atoms with Crippen LogP contribution in [0, 0.1) is 5.92 Å². The Kier molecular flexibility index (Phi) is 7.02. The van der Waals surface area contributed by atoms with Crippen molar-refractivity contribution in [3.8, 4) is 0 Å². The van der Waals surface area contributed by atoms with Gasteiger partial charge >= 0.3 is 0 Å². The molecule has 0 atom stereocenters. The smallest absolute Gasteiger partial charge is 0.243 e. The fourth-order valence-electron chi connectivity index (χ4n) is 4.25. The van der Waals surface area contributed by atoms with Crippen molar-refractivity contribution in [1.29, 1.82) is 0 Å². The van der Waals surface area contributed by atoms with Crippen LogP contribution >= 0.6 is 0 Å². The van der Waals surface area contributed by atoms with Gasteiger partial charge in [0.05, 0.1) is 4.90 Å². The Hall–Kier alpha value is -2.96. The van der Waals surface area contributed by atoms with E-state index in [4.69, 9.17) is 0 Å². The summed E-state index contributed by atoms with van der Waals surface area (Å²) in [5.74, 6) is -0.108. The third-order valence-electron chi connectivity index (χ3n) is 6.09. The zero-order chi connectivity index (χ0) is 22.4. The van der Waals surface area contributed by atoms with Gasteiger partial charge in [-0.25, -0.2) is 8.42 Å². The number of benzene rings is 3. The van der Waals surface area contributed by atoms with E-state index in [1.165, 1.54) is 4.31 Å². The minimum Gasteiger partial charge on any atom is -0.355 e. The summed E-state index contributed by atoms with van der Waals surface area (Å²) in [6.45, 7) is 1.22. The summed E-state index contributed by atoms with van der Waals surface area (Å²) in [4.78, 5) is 13.2. The number of carbonyl (C=O) groups excluding carboxylic acids is 1. The highest BCUT2D eigenvalue weighted by atomic mass is 32.2. The second-order valence-electron chi connectivity index (χ2n) is 8.11. The van der Waals surface area contributed by atoms with Crippen molar-refractivity contribution < 1.29 is 13.2 Å². The van der Waals surface area contributed by atoms with Crippen molar-refractivity contribution >= 4 is 15.9 Å². The van der Waals surface area contributed by atoms with Crippen LogP contribution in [0.4, 0.5) is 0 Å². The first-order valence-corrected chi connectivity index (χ1v) is 12.4. The number of amides is 1. The topological polar surface area (TPSA) is 66.5 Å². The Morgan fingerprint density at radius 3 is 1.78 bits per heavy atom. The van der Waals surface area contributed by atoms with E-state index in [1.807, 2.05) is 36.4 Å². The number of hydrogen-bond donors (Lipinski definition) is 1. The molecule has 0 radical (unpaired) electrons. The molecule has 0 aromatic heterocycles. The molecule has 1 aliphatic rings. The van der Waals surface area contributed by atoms with Crippen LogP contribution in [0.3, 0.4) is 0 Å². The van der Waals surface area contributed by atoms with Gasteiger partial charge in [-0.2, -0.15) is 4.31 Å². The van der Waals surface area contributed by atoms with Gasteiger partial charge in [0.25, 0.3) is 0 Å². The van der Waals surface area contributed by atoms with Crippen LogP contribution in [0.5, 0.6) is 0 Å². The van der Waals surface area contributed by atoms with Crippen LogP contribution in [0.1, 0.15) is 29.9 Å². The maximum absolute atomic E-state index is 12.9. The Balaban J connectivity index is 1.37. The van der Waals surface area contributed by atoms with Crippen molar-refractivity contribution in [1.82, 2.24) is 9.62 Å². The van der Waals surface area contributed by atoms with E-state index in [9.17, 15) is 13.2 Å². The lowest BCUT2D eigenvalue weighted by Gasteiger charge is -2.31. The van der Waals surface area contributed by atoms with Crippen LogP contribution < -0.4 is 5.32 Å². The first kappa shape index (κ1) is 22.2. The van der Waals surface area contributed by atoms with E-state index in [1.54, 1.807) is 30.3 Å². The average molecular weight is 449 g/mol. The molecule has 0 saturated carbocycles. The number of hydrogen-bond acceptors (Lipinski definition) is 3. The molecule has 1 heterocycles. The molecular formula is C26H28N2O3S. The minimum atomic E-state index is -3.51. The number of piperidine rings is 1. The molecule has 6 heteroatoms. The van der Waals surface area contributed by atoms with Crippen molar-refractivity contribution in [2.75, 3.05) is 19.6 Å². The molecule has 0 spiro atoms. The molecule has 0 bridgehead atoms. The Bertz CT molecular complexity index is 1070. The Morgan fingerprint density at radius 1 is 0.812 bits per heavy atom. The molecule has 1 N–H and O–H groups in total. The first-order chi connectivity index (χ1) is 15.6. The lowest BCUT2D eigenvalue weighted by Crippen LogP contribution is -2.43. The number of carbonyl (C=O) groups is 1. The molecule has 166 valence electrons. The summed E-state index contributed by atoms with van der Waals surface area (Å²) < 4.78 is 27.1. The summed E-state index contributed by atoms with van der Waals surface area (Å²) in [5.41, 5.74) is 2.31. The van der Waals surface area contributed by atoms with E-state index in [0.29, 0.717) is 37.4 Å². The summed E-state index contributed by atoms with van der Waals surface area (Å²) in [6, 6.07) is 28.8. The van der Waals surface area contributed by atoms with Crippen LogP contribution in [0.2, 0.25) is 0 Å². The van der Waals surface area contributed by atoms with Crippen LogP contribution in [-0.2, 0) is 14.8 Å². The van der Waals surface area contributed by atoms with Crippen LogP contribution in [-0.4, -0.2) is 38.3 Å². The van der Waals surface area contributed by atoms with Gasteiger partial charge in [-0.3, -0.25) is 4.79 Å². The highest BCUT2D eigenvalue weighted by molar-refractivity contribution is 7.89. The van der Waals surface area contributed by atoms with E-state index >= 15 is 0 Å². The summed E-state index contributed by atoms with van der Waals surface area (Å²) in [7, 11) is -3.51. The molecule has 0 aliphatic carbocycles. The van der Waals surface area contributed by atoms with Gasteiger partial charge in [-0.1, -0.05) is 78.9 Å². The summed E-state index contributed by atoms with van der Waals surface area (Å²) in [6.07, 6.45) is 1.05. The molecule has 3 aromatic rings. The van der Waals surface area contributed by atoms with Gasteiger partial charge in [0.15, 0.2) is 0 Å². The van der Waals surface area contributed by atoms with Gasteiger partial charge in [0, 0.05) is 31.5 Å². The third kappa shape index (κ3) is 5.09. The predicted molar refractivity (Wildman–Crippen MR) is 126 cm³/mol. The predicted octanol–water partition coefficient (Wildman–Crippen LogP) is 4.04. The first-order valence-electron chi connectivity index (χ1n) is 11.0. The van der Waals surface area contributed by atoms with Gasteiger partial charge in [0.2, 0.25) is 15.9 Å². The second kappa shape index (κ2) is 10.1. The van der Waals surface area contributed by atoms with E-state index in [0.717, 1.165) is 11.1 Å². The van der Waals surface area contributed by atoms with E-state index < -0.39 is 10.0 Å². The van der Waals surface area contributed by atoms with E-state index in [-0.39, 0.29) is 17.7 Å². The normalized spacial score (nSPS) is 15.5. The minimum absolute atomic E-state index is 0.00128. The van der Waals surface area contributed by atoms with Gasteiger partial charge in [0.1, 0.15) is 0 Å². The molecule has 3 aromatic carbocycles. The zero-order valence-corrected chi connectivity index (χ0v) is 18.7. The molecule has 1 aliphatic heterocycles. The molecule has 32 heavy (non-hydrogen) atoms.